The normalized spacial score (nSPS) is 23.8. The summed E-state index contributed by atoms with van der Waals surface area (Å²) < 4.78 is 0. The highest BCUT2D eigenvalue weighted by Gasteiger charge is 2.39. The lowest BCUT2D eigenvalue weighted by Crippen LogP contribution is -2.52. The second-order valence-corrected chi connectivity index (χ2v) is 8.29. The van der Waals surface area contributed by atoms with E-state index >= 15 is 0 Å². The minimum Gasteiger partial charge on any atom is -0.390 e. The number of aliphatic hydroxyl groups is 1. The molecule has 1 aromatic carbocycles. The first kappa shape index (κ1) is 20.0. The number of fused-ring (bicyclic) bond motifs is 1. The SMILES string of the molecule is O=C1CCC(N2Cc3ccc(CNCCC4(O)CCNCC4)cc3C2=O)C(=O)N1. The van der Waals surface area contributed by atoms with Gasteiger partial charge in [-0.25, -0.2) is 0 Å². The van der Waals surface area contributed by atoms with Gasteiger partial charge in [0, 0.05) is 25.1 Å². The number of nitrogens with zero attached hydrogens (tertiary/aromatic N) is 1. The van der Waals surface area contributed by atoms with E-state index in [1.165, 1.54) is 0 Å². The van der Waals surface area contributed by atoms with Crippen molar-refractivity contribution in [2.45, 2.75) is 56.8 Å². The molecular formula is C21H28N4O4. The number of piperidine rings is 2. The Hall–Kier alpha value is -2.29. The smallest absolute Gasteiger partial charge is 0.255 e. The van der Waals surface area contributed by atoms with Gasteiger partial charge in [-0.15, -0.1) is 0 Å². The largest absolute Gasteiger partial charge is 0.390 e. The van der Waals surface area contributed by atoms with Crippen LogP contribution in [-0.4, -0.2) is 59.0 Å². The van der Waals surface area contributed by atoms with Crippen LogP contribution in [-0.2, 0) is 22.7 Å². The third kappa shape index (κ3) is 4.34. The quantitative estimate of drug-likeness (QED) is 0.397. The van der Waals surface area contributed by atoms with Gasteiger partial charge in [-0.05, 0) is 62.5 Å². The zero-order chi connectivity index (χ0) is 20.4. The van der Waals surface area contributed by atoms with Crippen LogP contribution in [0.3, 0.4) is 0 Å². The van der Waals surface area contributed by atoms with Crippen molar-refractivity contribution in [1.29, 1.82) is 0 Å². The van der Waals surface area contributed by atoms with E-state index in [1.54, 1.807) is 4.90 Å². The van der Waals surface area contributed by atoms with E-state index in [4.69, 9.17) is 0 Å². The number of carbonyl (C=O) groups excluding carboxylic acids is 3. The molecule has 0 bridgehead atoms. The van der Waals surface area contributed by atoms with Crippen molar-refractivity contribution in [3.8, 4) is 0 Å². The molecule has 0 radical (unpaired) electrons. The second-order valence-electron chi connectivity index (χ2n) is 8.29. The van der Waals surface area contributed by atoms with Crippen LogP contribution < -0.4 is 16.0 Å². The summed E-state index contributed by atoms with van der Waals surface area (Å²) in [5.41, 5.74) is 1.95. The fourth-order valence-electron chi connectivity index (χ4n) is 4.41. The first-order chi connectivity index (χ1) is 14.0. The van der Waals surface area contributed by atoms with Gasteiger partial charge < -0.3 is 20.6 Å². The van der Waals surface area contributed by atoms with Crippen molar-refractivity contribution in [1.82, 2.24) is 20.9 Å². The number of hydrogen-bond acceptors (Lipinski definition) is 6. The number of imide groups is 1. The number of nitrogens with one attached hydrogen (secondary N) is 3. The van der Waals surface area contributed by atoms with E-state index < -0.39 is 11.6 Å². The Morgan fingerprint density at radius 1 is 1.21 bits per heavy atom. The van der Waals surface area contributed by atoms with Crippen molar-refractivity contribution >= 4 is 17.7 Å². The summed E-state index contributed by atoms with van der Waals surface area (Å²) in [5, 5.41) is 19.5. The Morgan fingerprint density at radius 2 is 2.00 bits per heavy atom. The molecule has 156 valence electrons. The maximum atomic E-state index is 12.9. The molecule has 3 heterocycles. The van der Waals surface area contributed by atoms with Gasteiger partial charge >= 0.3 is 0 Å². The van der Waals surface area contributed by atoms with Crippen LogP contribution in [0, 0.1) is 0 Å². The first-order valence-electron chi connectivity index (χ1n) is 10.4. The highest BCUT2D eigenvalue weighted by molar-refractivity contribution is 6.05. The first-order valence-corrected chi connectivity index (χ1v) is 10.4. The lowest BCUT2D eigenvalue weighted by atomic mass is 9.89. The number of carbonyl (C=O) groups is 3. The average Bonchev–Trinajstić information content (AvgIpc) is 3.02. The molecular weight excluding hydrogens is 372 g/mol. The van der Waals surface area contributed by atoms with Gasteiger partial charge in [0.25, 0.3) is 5.91 Å². The molecule has 8 heteroatoms. The van der Waals surface area contributed by atoms with Gasteiger partial charge in [0.1, 0.15) is 6.04 Å². The van der Waals surface area contributed by atoms with E-state index in [0.29, 0.717) is 38.0 Å². The monoisotopic (exact) mass is 400 g/mol. The van der Waals surface area contributed by atoms with E-state index in [2.05, 4.69) is 16.0 Å². The van der Waals surface area contributed by atoms with Crippen LogP contribution in [0.2, 0.25) is 0 Å². The maximum Gasteiger partial charge on any atom is 0.255 e. The van der Waals surface area contributed by atoms with Crippen molar-refractivity contribution in [2.24, 2.45) is 0 Å². The Kier molecular flexibility index (Phi) is 5.67. The molecule has 0 saturated carbocycles. The average molecular weight is 400 g/mol. The van der Waals surface area contributed by atoms with Crippen LogP contribution in [0.15, 0.2) is 18.2 Å². The Labute approximate surface area is 170 Å². The summed E-state index contributed by atoms with van der Waals surface area (Å²) in [6.45, 7) is 3.44. The number of benzene rings is 1. The van der Waals surface area contributed by atoms with Crippen molar-refractivity contribution in [3.63, 3.8) is 0 Å². The summed E-state index contributed by atoms with van der Waals surface area (Å²) >= 11 is 0. The van der Waals surface area contributed by atoms with Crippen molar-refractivity contribution in [3.05, 3.63) is 34.9 Å². The molecule has 3 aliphatic rings. The minimum absolute atomic E-state index is 0.152. The molecule has 4 N–H and O–H groups in total. The van der Waals surface area contributed by atoms with Crippen LogP contribution in [0.4, 0.5) is 0 Å². The van der Waals surface area contributed by atoms with Crippen LogP contribution in [0.25, 0.3) is 0 Å². The standard InChI is InChI=1S/C21H28N4O4/c26-18-4-3-17(19(27)24-18)25-13-15-2-1-14(11-16(15)20(25)28)12-23-10-7-21(29)5-8-22-9-6-21/h1-2,11,17,22-23,29H,3-10,12-13H2,(H,24,26,27). The molecule has 1 unspecified atom stereocenters. The molecule has 2 fully saturated rings. The summed E-state index contributed by atoms with van der Waals surface area (Å²) in [6, 6.07) is 5.23. The molecule has 4 rings (SSSR count). The van der Waals surface area contributed by atoms with Gasteiger partial charge in [0.05, 0.1) is 5.60 Å². The maximum absolute atomic E-state index is 12.9. The van der Waals surface area contributed by atoms with Gasteiger partial charge in [-0.2, -0.15) is 0 Å². The van der Waals surface area contributed by atoms with E-state index in [-0.39, 0.29) is 24.1 Å². The van der Waals surface area contributed by atoms with Crippen LogP contribution in [0.5, 0.6) is 0 Å². The highest BCUT2D eigenvalue weighted by atomic mass is 16.3. The summed E-state index contributed by atoms with van der Waals surface area (Å²) in [7, 11) is 0. The van der Waals surface area contributed by atoms with Crippen molar-refractivity contribution in [2.75, 3.05) is 19.6 Å². The topological polar surface area (TPSA) is 111 Å². The zero-order valence-electron chi connectivity index (χ0n) is 16.5. The van der Waals surface area contributed by atoms with Gasteiger partial charge in [0.15, 0.2) is 0 Å². The molecule has 0 aliphatic carbocycles. The Bertz CT molecular complexity index is 819. The molecule has 2 saturated heterocycles. The highest BCUT2D eigenvalue weighted by Crippen LogP contribution is 2.28. The second kappa shape index (κ2) is 8.22. The lowest BCUT2D eigenvalue weighted by Gasteiger charge is -2.32. The van der Waals surface area contributed by atoms with Gasteiger partial charge in [0.2, 0.25) is 11.8 Å². The minimum atomic E-state index is -0.589. The van der Waals surface area contributed by atoms with Crippen LogP contribution >= 0.6 is 0 Å². The van der Waals surface area contributed by atoms with E-state index in [1.807, 2.05) is 18.2 Å². The molecule has 29 heavy (non-hydrogen) atoms. The fourth-order valence-corrected chi connectivity index (χ4v) is 4.41. The summed E-state index contributed by atoms with van der Waals surface area (Å²) in [6.07, 6.45) is 2.89. The van der Waals surface area contributed by atoms with Crippen LogP contribution in [0.1, 0.15) is 53.6 Å². The van der Waals surface area contributed by atoms with E-state index in [0.717, 1.165) is 37.1 Å². The third-order valence-electron chi connectivity index (χ3n) is 6.22. The third-order valence-corrected chi connectivity index (χ3v) is 6.22. The predicted octanol–water partition coefficient (Wildman–Crippen LogP) is 0.0418. The number of rotatable bonds is 6. The van der Waals surface area contributed by atoms with Gasteiger partial charge in [-0.3, -0.25) is 19.7 Å². The Morgan fingerprint density at radius 3 is 2.76 bits per heavy atom. The predicted molar refractivity (Wildman–Crippen MR) is 106 cm³/mol. The molecule has 3 aliphatic heterocycles. The fraction of sp³-hybridized carbons (Fsp3) is 0.571. The van der Waals surface area contributed by atoms with Crippen molar-refractivity contribution < 1.29 is 19.5 Å². The molecule has 0 aromatic heterocycles. The molecule has 8 nitrogen and oxygen atoms in total. The molecule has 0 spiro atoms. The molecule has 1 atom stereocenters. The van der Waals surface area contributed by atoms with Gasteiger partial charge in [-0.1, -0.05) is 12.1 Å². The summed E-state index contributed by atoms with van der Waals surface area (Å²) in [4.78, 5) is 37.9. The zero-order valence-corrected chi connectivity index (χ0v) is 16.5. The summed E-state index contributed by atoms with van der Waals surface area (Å²) in [5.74, 6) is -0.821. The lowest BCUT2D eigenvalue weighted by molar-refractivity contribution is -0.136. The number of amides is 3. The molecule has 3 amide bonds. The Balaban J connectivity index is 1.33. The molecule has 1 aromatic rings. The van der Waals surface area contributed by atoms with E-state index in [9.17, 15) is 19.5 Å². The number of hydrogen-bond donors (Lipinski definition) is 4.